The van der Waals surface area contributed by atoms with Gasteiger partial charge in [-0.25, -0.2) is 0 Å². The second kappa shape index (κ2) is 5.09. The Labute approximate surface area is 88.2 Å². The maximum absolute atomic E-state index is 3.35. The fraction of sp³-hybridized carbons (Fsp3) is 0.333. The molecular weight excluding hydrogens is 190 g/mol. The van der Waals surface area contributed by atoms with E-state index in [1.165, 1.54) is 4.90 Å². The van der Waals surface area contributed by atoms with E-state index in [0.717, 1.165) is 6.54 Å². The fourth-order valence-electron chi connectivity index (χ4n) is 1.12. The molecular formula is C12H17NS. The zero-order valence-electron chi connectivity index (χ0n) is 9.00. The van der Waals surface area contributed by atoms with Crippen LogP contribution in [0.3, 0.4) is 0 Å². The van der Waals surface area contributed by atoms with Crippen molar-refractivity contribution in [3.05, 3.63) is 30.3 Å². The number of nitrogens with one attached hydrogen (secondary N) is 1. The molecule has 0 aliphatic rings. The molecule has 0 radical (unpaired) electrons. The maximum atomic E-state index is 3.35. The second-order valence-electron chi connectivity index (χ2n) is 3.45. The summed E-state index contributed by atoms with van der Waals surface area (Å²) in [6.45, 7) is 0.767. The molecule has 0 spiro atoms. The van der Waals surface area contributed by atoms with Crippen LogP contribution in [0.1, 0.15) is 0 Å². The minimum atomic E-state index is -0.934. The third-order valence-electron chi connectivity index (χ3n) is 1.92. The van der Waals surface area contributed by atoms with E-state index >= 15 is 0 Å². The molecule has 1 aromatic rings. The molecule has 1 N–H and O–H groups in total. The van der Waals surface area contributed by atoms with E-state index < -0.39 is 10.0 Å². The van der Waals surface area contributed by atoms with Crippen LogP contribution in [0, 0.1) is 11.2 Å². The van der Waals surface area contributed by atoms with Crippen LogP contribution in [0.4, 0.5) is 0 Å². The van der Waals surface area contributed by atoms with E-state index in [4.69, 9.17) is 0 Å². The van der Waals surface area contributed by atoms with E-state index in [9.17, 15) is 0 Å². The van der Waals surface area contributed by atoms with Gasteiger partial charge >= 0.3 is 0 Å². The van der Waals surface area contributed by atoms with Gasteiger partial charge in [-0.1, -0.05) is 24.1 Å². The molecule has 2 heteroatoms. The van der Waals surface area contributed by atoms with Crippen molar-refractivity contribution in [2.75, 3.05) is 26.1 Å². The summed E-state index contributed by atoms with van der Waals surface area (Å²) in [5.74, 6) is 3.15. The van der Waals surface area contributed by atoms with Crippen LogP contribution in [0.15, 0.2) is 35.2 Å². The Morgan fingerprint density at radius 2 is 1.86 bits per heavy atom. The Bertz CT molecular complexity index is 332. The largest absolute Gasteiger partial charge is 0.309 e. The number of hydrogen-bond acceptors (Lipinski definition) is 1. The van der Waals surface area contributed by atoms with Crippen molar-refractivity contribution in [2.24, 2.45) is 0 Å². The zero-order chi connectivity index (χ0) is 10.4. The van der Waals surface area contributed by atoms with E-state index in [0.29, 0.717) is 0 Å². The minimum Gasteiger partial charge on any atom is -0.309 e. The van der Waals surface area contributed by atoms with E-state index in [-0.39, 0.29) is 0 Å². The Morgan fingerprint density at radius 1 is 1.21 bits per heavy atom. The molecule has 0 bridgehead atoms. The van der Waals surface area contributed by atoms with Crippen molar-refractivity contribution in [2.45, 2.75) is 4.90 Å². The highest BCUT2D eigenvalue weighted by molar-refractivity contribution is 8.36. The van der Waals surface area contributed by atoms with E-state index in [2.05, 4.69) is 53.3 Å². The van der Waals surface area contributed by atoms with Crippen LogP contribution in [0.25, 0.3) is 0 Å². The summed E-state index contributed by atoms with van der Waals surface area (Å²) in [4.78, 5) is 1.35. The van der Waals surface area contributed by atoms with Gasteiger partial charge in [-0.05, 0) is 36.9 Å². The van der Waals surface area contributed by atoms with E-state index in [1.54, 1.807) is 0 Å². The number of hydrogen-bond donors (Lipinski definition) is 1. The molecule has 76 valence electrons. The Kier molecular flexibility index (Phi) is 4.06. The Hall–Kier alpha value is -0.910. The van der Waals surface area contributed by atoms with Crippen LogP contribution in [0.5, 0.6) is 0 Å². The molecule has 0 amide bonds. The first-order valence-electron chi connectivity index (χ1n) is 4.59. The van der Waals surface area contributed by atoms with Gasteiger partial charge in [0.2, 0.25) is 0 Å². The highest BCUT2D eigenvalue weighted by Crippen LogP contribution is 2.47. The summed E-state index contributed by atoms with van der Waals surface area (Å²) in [5, 5.41) is 6.38. The standard InChI is InChI=1S/C12H17NS/c1-13-10-7-11-14(2,3)12-8-5-4-6-9-12/h4-6,8-9,13H,10H2,1-3H3. The first-order chi connectivity index (χ1) is 6.67. The van der Waals surface area contributed by atoms with Gasteiger partial charge in [-0.3, -0.25) is 0 Å². The summed E-state index contributed by atoms with van der Waals surface area (Å²) in [6, 6.07) is 10.5. The second-order valence-corrected chi connectivity index (χ2v) is 6.78. The summed E-state index contributed by atoms with van der Waals surface area (Å²) in [6.07, 6.45) is 4.45. The van der Waals surface area contributed by atoms with Gasteiger partial charge in [0.15, 0.2) is 0 Å². The lowest BCUT2D eigenvalue weighted by Gasteiger charge is -2.24. The molecule has 1 aromatic carbocycles. The Morgan fingerprint density at radius 3 is 2.43 bits per heavy atom. The maximum Gasteiger partial charge on any atom is 0.0582 e. The van der Waals surface area contributed by atoms with Crippen LogP contribution in [-0.2, 0) is 0 Å². The molecule has 14 heavy (non-hydrogen) atoms. The average Bonchev–Trinajstić information content (AvgIpc) is 2.19. The highest BCUT2D eigenvalue weighted by Gasteiger charge is 2.09. The van der Waals surface area contributed by atoms with Crippen molar-refractivity contribution < 1.29 is 0 Å². The predicted octanol–water partition coefficient (Wildman–Crippen LogP) is 2.29. The van der Waals surface area contributed by atoms with Crippen molar-refractivity contribution in [1.82, 2.24) is 5.32 Å². The summed E-state index contributed by atoms with van der Waals surface area (Å²) >= 11 is 0. The number of rotatable bonds is 2. The van der Waals surface area contributed by atoms with E-state index in [1.807, 2.05) is 13.1 Å². The number of benzene rings is 1. The topological polar surface area (TPSA) is 12.0 Å². The molecule has 0 aliphatic carbocycles. The van der Waals surface area contributed by atoms with Crippen LogP contribution in [0.2, 0.25) is 0 Å². The van der Waals surface area contributed by atoms with Crippen molar-refractivity contribution in [3.8, 4) is 11.2 Å². The van der Waals surface area contributed by atoms with Gasteiger partial charge in [-0.2, -0.15) is 10.0 Å². The molecule has 0 aliphatic heterocycles. The van der Waals surface area contributed by atoms with Crippen molar-refractivity contribution in [1.29, 1.82) is 0 Å². The summed E-state index contributed by atoms with van der Waals surface area (Å²) < 4.78 is 0. The van der Waals surface area contributed by atoms with Crippen LogP contribution in [-0.4, -0.2) is 26.1 Å². The van der Waals surface area contributed by atoms with Gasteiger partial charge in [0.25, 0.3) is 0 Å². The highest BCUT2D eigenvalue weighted by atomic mass is 32.3. The van der Waals surface area contributed by atoms with Crippen molar-refractivity contribution in [3.63, 3.8) is 0 Å². The lowest BCUT2D eigenvalue weighted by molar-refractivity contribution is 0.938. The smallest absolute Gasteiger partial charge is 0.0582 e. The van der Waals surface area contributed by atoms with Gasteiger partial charge < -0.3 is 5.32 Å². The molecule has 1 rings (SSSR count). The first kappa shape index (κ1) is 11.2. The first-order valence-corrected chi connectivity index (χ1v) is 7.04. The third-order valence-corrected chi connectivity index (χ3v) is 4.03. The van der Waals surface area contributed by atoms with Crippen LogP contribution >= 0.6 is 10.0 Å². The molecule has 0 fully saturated rings. The molecule has 0 unspecified atom stereocenters. The fourth-order valence-corrected chi connectivity index (χ4v) is 2.51. The normalized spacial score (nSPS) is 11.6. The average molecular weight is 207 g/mol. The van der Waals surface area contributed by atoms with Gasteiger partial charge in [0.05, 0.1) is 6.54 Å². The lowest BCUT2D eigenvalue weighted by atomic mass is 10.4. The summed E-state index contributed by atoms with van der Waals surface area (Å²) in [5.41, 5.74) is 0. The minimum absolute atomic E-state index is 0.767. The predicted molar refractivity (Wildman–Crippen MR) is 65.8 cm³/mol. The van der Waals surface area contributed by atoms with Crippen LogP contribution < -0.4 is 5.32 Å². The van der Waals surface area contributed by atoms with Gasteiger partial charge in [-0.15, -0.1) is 0 Å². The molecule has 0 saturated carbocycles. The van der Waals surface area contributed by atoms with Gasteiger partial charge in [0, 0.05) is 4.90 Å². The SMILES string of the molecule is CNCC#CS(C)(C)c1ccccc1. The van der Waals surface area contributed by atoms with Gasteiger partial charge in [0.1, 0.15) is 0 Å². The third kappa shape index (κ3) is 3.10. The lowest BCUT2D eigenvalue weighted by Crippen LogP contribution is -2.05. The molecule has 0 saturated heterocycles. The molecule has 1 nitrogen and oxygen atoms in total. The molecule has 0 atom stereocenters. The monoisotopic (exact) mass is 207 g/mol. The molecule has 0 aromatic heterocycles. The Balaban J connectivity index is 2.82. The van der Waals surface area contributed by atoms with Crippen molar-refractivity contribution >= 4 is 10.0 Å². The molecule has 0 heterocycles. The quantitative estimate of drug-likeness (QED) is 0.734. The zero-order valence-corrected chi connectivity index (χ0v) is 9.82. The summed E-state index contributed by atoms with van der Waals surface area (Å²) in [7, 11) is 0.983.